The van der Waals surface area contributed by atoms with Crippen molar-refractivity contribution in [2.45, 2.75) is 33.1 Å². The molecule has 3 nitrogen and oxygen atoms in total. The maximum absolute atomic E-state index is 12.9. The summed E-state index contributed by atoms with van der Waals surface area (Å²) < 4.78 is 43.8. The summed E-state index contributed by atoms with van der Waals surface area (Å²) in [4.78, 5) is 24.3. The molecule has 0 unspecified atom stereocenters. The molecule has 138 valence electrons. The van der Waals surface area contributed by atoms with Gasteiger partial charge in [-0.25, -0.2) is 0 Å². The molecule has 2 aromatic carbocycles. The summed E-state index contributed by atoms with van der Waals surface area (Å²) in [5.74, 6) is -1.87. The van der Waals surface area contributed by atoms with Crippen LogP contribution in [0.25, 0.3) is 0 Å². The maximum Gasteiger partial charge on any atom is 0.416 e. The van der Waals surface area contributed by atoms with E-state index in [9.17, 15) is 22.8 Å². The molecule has 6 heteroatoms. The molecule has 0 N–H and O–H groups in total. The minimum absolute atomic E-state index is 0.0549. The minimum Gasteiger partial charge on any atom is -0.461 e. The molecule has 0 saturated heterocycles. The molecule has 1 atom stereocenters. The van der Waals surface area contributed by atoms with Gasteiger partial charge in [-0.05, 0) is 36.2 Å². The van der Waals surface area contributed by atoms with Crippen molar-refractivity contribution in [3.8, 4) is 0 Å². The average Bonchev–Trinajstić information content (AvgIpc) is 2.59. The van der Waals surface area contributed by atoms with E-state index in [1.54, 1.807) is 12.1 Å². The van der Waals surface area contributed by atoms with E-state index in [-0.39, 0.29) is 18.6 Å². The fraction of sp³-hybridized carbons (Fsp3) is 0.300. The Morgan fingerprint density at radius 3 is 2.35 bits per heavy atom. The van der Waals surface area contributed by atoms with Crippen molar-refractivity contribution in [2.24, 2.45) is 5.92 Å². The van der Waals surface area contributed by atoms with Gasteiger partial charge in [0.25, 0.3) is 0 Å². The van der Waals surface area contributed by atoms with E-state index in [1.165, 1.54) is 19.9 Å². The fourth-order valence-electron chi connectivity index (χ4n) is 2.51. The van der Waals surface area contributed by atoms with E-state index in [4.69, 9.17) is 4.74 Å². The number of ketones is 1. The molecule has 0 bridgehead atoms. The number of alkyl halides is 3. The van der Waals surface area contributed by atoms with Gasteiger partial charge in [-0.2, -0.15) is 13.2 Å². The van der Waals surface area contributed by atoms with Crippen molar-refractivity contribution in [3.05, 3.63) is 70.8 Å². The lowest BCUT2D eigenvalue weighted by molar-refractivity contribution is -0.145. The molecule has 0 aliphatic rings. The van der Waals surface area contributed by atoms with Crippen LogP contribution in [0.4, 0.5) is 13.2 Å². The van der Waals surface area contributed by atoms with Crippen LogP contribution >= 0.6 is 0 Å². The van der Waals surface area contributed by atoms with E-state index >= 15 is 0 Å². The summed E-state index contributed by atoms with van der Waals surface area (Å²) in [7, 11) is 0. The SMILES string of the molecule is Cc1cc(C(=O)[C@H](C)CC(=O)OCc2ccccc2)cc(C(F)(F)F)c1. The number of aryl methyl sites for hydroxylation is 1. The third-order valence-corrected chi connectivity index (χ3v) is 3.85. The Labute approximate surface area is 149 Å². The van der Waals surface area contributed by atoms with E-state index in [2.05, 4.69) is 0 Å². The van der Waals surface area contributed by atoms with Crippen LogP contribution in [0.5, 0.6) is 0 Å². The Balaban J connectivity index is 2.01. The molecule has 0 saturated carbocycles. The predicted molar refractivity (Wildman–Crippen MR) is 90.5 cm³/mol. The number of hydrogen-bond acceptors (Lipinski definition) is 3. The van der Waals surface area contributed by atoms with Gasteiger partial charge in [-0.15, -0.1) is 0 Å². The number of Topliss-reactive ketones (excluding diaryl/α,β-unsaturated/α-hetero) is 1. The van der Waals surface area contributed by atoms with E-state index in [0.717, 1.165) is 17.7 Å². The molecular weight excluding hydrogens is 345 g/mol. The number of hydrogen-bond donors (Lipinski definition) is 0. The second kappa shape index (κ2) is 8.17. The molecule has 2 aromatic rings. The maximum atomic E-state index is 12.9. The number of halogens is 3. The predicted octanol–water partition coefficient (Wildman–Crippen LogP) is 4.97. The smallest absolute Gasteiger partial charge is 0.416 e. The van der Waals surface area contributed by atoms with Crippen molar-refractivity contribution >= 4 is 11.8 Å². The Hall–Kier alpha value is -2.63. The number of esters is 1. The molecule has 0 fully saturated rings. The quantitative estimate of drug-likeness (QED) is 0.537. The van der Waals surface area contributed by atoms with Crippen LogP contribution in [0.1, 0.15) is 40.4 Å². The molecular formula is C20H19F3O3. The monoisotopic (exact) mass is 364 g/mol. The lowest BCUT2D eigenvalue weighted by atomic mass is 9.94. The third-order valence-electron chi connectivity index (χ3n) is 3.85. The van der Waals surface area contributed by atoms with Crippen molar-refractivity contribution < 1.29 is 27.5 Å². The molecule has 0 aliphatic heterocycles. The summed E-state index contributed by atoms with van der Waals surface area (Å²) >= 11 is 0. The van der Waals surface area contributed by atoms with Crippen LogP contribution in [-0.4, -0.2) is 11.8 Å². The number of benzene rings is 2. The first-order valence-corrected chi connectivity index (χ1v) is 8.09. The molecule has 0 heterocycles. The highest BCUT2D eigenvalue weighted by Gasteiger charge is 2.32. The summed E-state index contributed by atoms with van der Waals surface area (Å²) in [6.07, 6.45) is -4.72. The minimum atomic E-state index is -4.53. The molecule has 0 aromatic heterocycles. The van der Waals surface area contributed by atoms with Crippen LogP contribution in [0.3, 0.4) is 0 Å². The lowest BCUT2D eigenvalue weighted by Gasteiger charge is -2.13. The molecule has 0 radical (unpaired) electrons. The zero-order valence-electron chi connectivity index (χ0n) is 14.5. The highest BCUT2D eigenvalue weighted by Crippen LogP contribution is 2.31. The van der Waals surface area contributed by atoms with Gasteiger partial charge in [0, 0.05) is 11.5 Å². The van der Waals surface area contributed by atoms with Gasteiger partial charge in [0.05, 0.1) is 12.0 Å². The van der Waals surface area contributed by atoms with Gasteiger partial charge < -0.3 is 4.74 Å². The number of ether oxygens (including phenoxy) is 1. The van der Waals surface area contributed by atoms with Crippen LogP contribution < -0.4 is 0 Å². The van der Waals surface area contributed by atoms with Crippen molar-refractivity contribution in [3.63, 3.8) is 0 Å². The van der Waals surface area contributed by atoms with Gasteiger partial charge in [0.1, 0.15) is 6.61 Å². The Morgan fingerprint density at radius 1 is 1.08 bits per heavy atom. The van der Waals surface area contributed by atoms with Crippen molar-refractivity contribution in [1.29, 1.82) is 0 Å². The Morgan fingerprint density at radius 2 is 1.73 bits per heavy atom. The fourth-order valence-corrected chi connectivity index (χ4v) is 2.51. The summed E-state index contributed by atoms with van der Waals surface area (Å²) in [6.45, 7) is 3.08. The largest absolute Gasteiger partial charge is 0.461 e. The molecule has 26 heavy (non-hydrogen) atoms. The van der Waals surface area contributed by atoms with Gasteiger partial charge >= 0.3 is 12.1 Å². The van der Waals surface area contributed by atoms with Gasteiger partial charge in [0.2, 0.25) is 0 Å². The topological polar surface area (TPSA) is 43.4 Å². The molecule has 0 amide bonds. The van der Waals surface area contributed by atoms with Crippen molar-refractivity contribution in [1.82, 2.24) is 0 Å². The van der Waals surface area contributed by atoms with Gasteiger partial charge in [-0.1, -0.05) is 37.3 Å². The highest BCUT2D eigenvalue weighted by atomic mass is 19.4. The summed E-state index contributed by atoms with van der Waals surface area (Å²) in [6, 6.07) is 12.3. The normalized spacial score (nSPS) is 12.5. The summed E-state index contributed by atoms with van der Waals surface area (Å²) in [5, 5.41) is 0. The average molecular weight is 364 g/mol. The van der Waals surface area contributed by atoms with Crippen LogP contribution in [0.2, 0.25) is 0 Å². The third kappa shape index (κ3) is 5.44. The van der Waals surface area contributed by atoms with Crippen LogP contribution in [-0.2, 0) is 22.3 Å². The lowest BCUT2D eigenvalue weighted by Crippen LogP contribution is -2.18. The van der Waals surface area contributed by atoms with Gasteiger partial charge in [0.15, 0.2) is 5.78 Å². The second-order valence-electron chi connectivity index (χ2n) is 6.20. The first-order valence-electron chi connectivity index (χ1n) is 8.09. The van der Waals surface area contributed by atoms with E-state index < -0.39 is 29.4 Å². The molecule has 0 aliphatic carbocycles. The summed E-state index contributed by atoms with van der Waals surface area (Å²) in [5.41, 5.74) is 0.218. The molecule has 0 spiro atoms. The number of carbonyl (C=O) groups excluding carboxylic acids is 2. The first kappa shape index (κ1) is 19.7. The zero-order chi connectivity index (χ0) is 19.3. The highest BCUT2D eigenvalue weighted by molar-refractivity contribution is 5.99. The first-order chi connectivity index (χ1) is 12.2. The van der Waals surface area contributed by atoms with Crippen LogP contribution in [0, 0.1) is 12.8 Å². The molecule has 2 rings (SSSR count). The van der Waals surface area contributed by atoms with Crippen molar-refractivity contribution in [2.75, 3.05) is 0 Å². The zero-order valence-corrected chi connectivity index (χ0v) is 14.5. The second-order valence-corrected chi connectivity index (χ2v) is 6.20. The Kier molecular flexibility index (Phi) is 6.18. The Bertz CT molecular complexity index is 783. The van der Waals surface area contributed by atoms with Crippen LogP contribution in [0.15, 0.2) is 48.5 Å². The van der Waals surface area contributed by atoms with E-state index in [1.807, 2.05) is 18.2 Å². The standard InChI is InChI=1S/C20H19F3O3/c1-13-8-16(11-17(9-13)20(21,22)23)19(25)14(2)10-18(24)26-12-15-6-4-3-5-7-15/h3-9,11,14H,10,12H2,1-2H3/t14-/m1/s1. The number of carbonyl (C=O) groups is 2. The van der Waals surface area contributed by atoms with E-state index in [0.29, 0.717) is 5.56 Å². The van der Waals surface area contributed by atoms with Gasteiger partial charge in [-0.3, -0.25) is 9.59 Å². The number of rotatable bonds is 6.